The summed E-state index contributed by atoms with van der Waals surface area (Å²) in [7, 11) is 0. The number of thioether (sulfide) groups is 1. The van der Waals surface area contributed by atoms with Crippen LogP contribution in [0.5, 0.6) is 0 Å². The molecule has 1 nitrogen and oxygen atoms in total. The summed E-state index contributed by atoms with van der Waals surface area (Å²) in [5.74, 6) is 1.33. The Morgan fingerprint density at radius 2 is 2.08 bits per heavy atom. The second-order valence-corrected chi connectivity index (χ2v) is 5.18. The first-order valence-electron chi connectivity index (χ1n) is 5.74. The Bertz CT molecular complexity index is 127. The number of hydrogen-bond acceptors (Lipinski definition) is 2. The van der Waals surface area contributed by atoms with E-state index in [9.17, 15) is 0 Å². The van der Waals surface area contributed by atoms with Crippen LogP contribution < -0.4 is 5.32 Å². The first-order valence-corrected chi connectivity index (χ1v) is 6.79. The fourth-order valence-electron chi connectivity index (χ4n) is 1.75. The van der Waals surface area contributed by atoms with Crippen molar-refractivity contribution in [1.29, 1.82) is 0 Å². The van der Waals surface area contributed by atoms with Gasteiger partial charge in [-0.2, -0.15) is 0 Å². The Balaban J connectivity index is 1.97. The molecule has 0 aromatic heterocycles. The zero-order chi connectivity index (χ0) is 9.52. The lowest BCUT2D eigenvalue weighted by atomic mass is 10.1. The summed E-state index contributed by atoms with van der Waals surface area (Å²) in [5.41, 5.74) is 0. The van der Waals surface area contributed by atoms with E-state index in [0.29, 0.717) is 0 Å². The molecule has 1 saturated heterocycles. The molecule has 0 aliphatic carbocycles. The van der Waals surface area contributed by atoms with Gasteiger partial charge in [0.05, 0.1) is 5.37 Å². The fourth-order valence-corrected chi connectivity index (χ4v) is 3.17. The molecule has 0 saturated carbocycles. The molecule has 1 heterocycles. The highest BCUT2D eigenvalue weighted by Crippen LogP contribution is 2.24. The number of nitrogens with one attached hydrogen (secondary N) is 1. The van der Waals surface area contributed by atoms with Crippen LogP contribution in [0.25, 0.3) is 0 Å². The van der Waals surface area contributed by atoms with Crippen molar-refractivity contribution in [3.8, 4) is 0 Å². The Kier molecular flexibility index (Phi) is 5.88. The van der Waals surface area contributed by atoms with Crippen LogP contribution in [-0.2, 0) is 0 Å². The summed E-state index contributed by atoms with van der Waals surface area (Å²) in [6.45, 7) is 4.55. The van der Waals surface area contributed by atoms with Crippen LogP contribution in [-0.4, -0.2) is 17.2 Å². The van der Waals surface area contributed by atoms with Gasteiger partial charge in [-0.1, -0.05) is 39.5 Å². The van der Waals surface area contributed by atoms with E-state index in [-0.39, 0.29) is 0 Å². The molecule has 0 aromatic rings. The van der Waals surface area contributed by atoms with Crippen molar-refractivity contribution in [2.75, 3.05) is 5.75 Å². The van der Waals surface area contributed by atoms with Gasteiger partial charge in [0.2, 0.25) is 0 Å². The van der Waals surface area contributed by atoms with E-state index in [4.69, 9.17) is 0 Å². The van der Waals surface area contributed by atoms with Crippen molar-refractivity contribution in [3.63, 3.8) is 0 Å². The lowest BCUT2D eigenvalue weighted by molar-refractivity contribution is 0.510. The van der Waals surface area contributed by atoms with Gasteiger partial charge in [-0.3, -0.25) is 0 Å². The van der Waals surface area contributed by atoms with Crippen LogP contribution in [0.15, 0.2) is 0 Å². The minimum absolute atomic E-state index is 0.766. The third-order valence-electron chi connectivity index (χ3n) is 2.73. The average Bonchev–Trinajstić information content (AvgIpc) is 2.60. The number of hydrogen-bond donors (Lipinski definition) is 1. The molecule has 78 valence electrons. The maximum atomic E-state index is 3.68. The Morgan fingerprint density at radius 1 is 1.23 bits per heavy atom. The smallest absolute Gasteiger partial charge is 0.0535 e. The van der Waals surface area contributed by atoms with Gasteiger partial charge in [0.15, 0.2) is 0 Å². The third kappa shape index (κ3) is 4.37. The van der Waals surface area contributed by atoms with Gasteiger partial charge in [0, 0.05) is 11.8 Å². The van der Waals surface area contributed by atoms with Crippen LogP contribution in [0.2, 0.25) is 0 Å². The molecule has 2 atom stereocenters. The van der Waals surface area contributed by atoms with Crippen LogP contribution in [0, 0.1) is 0 Å². The van der Waals surface area contributed by atoms with E-state index >= 15 is 0 Å². The van der Waals surface area contributed by atoms with E-state index in [2.05, 4.69) is 30.9 Å². The number of unbranched alkanes of at least 4 members (excludes halogenated alkanes) is 3. The summed E-state index contributed by atoms with van der Waals surface area (Å²) >= 11 is 2.12. The largest absolute Gasteiger partial charge is 0.302 e. The number of rotatable bonds is 6. The molecule has 0 amide bonds. The van der Waals surface area contributed by atoms with Crippen molar-refractivity contribution in [2.24, 2.45) is 0 Å². The van der Waals surface area contributed by atoms with Gasteiger partial charge >= 0.3 is 0 Å². The van der Waals surface area contributed by atoms with Crippen molar-refractivity contribution in [3.05, 3.63) is 0 Å². The summed E-state index contributed by atoms with van der Waals surface area (Å²) in [6, 6.07) is 0.793. The lowest BCUT2D eigenvalue weighted by Crippen LogP contribution is -2.28. The molecular weight excluding hydrogens is 178 g/mol. The molecule has 0 aromatic carbocycles. The topological polar surface area (TPSA) is 12.0 Å². The SMILES string of the molecule is CCCCCCC1NC(CC)CS1. The zero-order valence-corrected chi connectivity index (χ0v) is 9.83. The molecule has 1 aliphatic rings. The normalized spacial score (nSPS) is 28.2. The van der Waals surface area contributed by atoms with Crippen molar-refractivity contribution in [1.82, 2.24) is 5.32 Å². The van der Waals surface area contributed by atoms with E-state index in [1.165, 1.54) is 44.3 Å². The molecule has 0 bridgehead atoms. The van der Waals surface area contributed by atoms with Crippen LogP contribution in [0.1, 0.15) is 52.4 Å². The van der Waals surface area contributed by atoms with Crippen LogP contribution in [0.4, 0.5) is 0 Å². The first kappa shape index (κ1) is 11.4. The van der Waals surface area contributed by atoms with E-state index in [1.807, 2.05) is 0 Å². The molecular formula is C11H23NS. The van der Waals surface area contributed by atoms with E-state index in [0.717, 1.165) is 11.4 Å². The minimum Gasteiger partial charge on any atom is -0.302 e. The zero-order valence-electron chi connectivity index (χ0n) is 9.01. The van der Waals surface area contributed by atoms with Crippen molar-refractivity contribution < 1.29 is 0 Å². The predicted molar refractivity (Wildman–Crippen MR) is 62.2 cm³/mol. The lowest BCUT2D eigenvalue weighted by Gasteiger charge is -2.11. The summed E-state index contributed by atoms with van der Waals surface area (Å²) in [6.07, 6.45) is 8.26. The maximum absolute atomic E-state index is 3.68. The summed E-state index contributed by atoms with van der Waals surface area (Å²) in [4.78, 5) is 0. The maximum Gasteiger partial charge on any atom is 0.0535 e. The third-order valence-corrected chi connectivity index (χ3v) is 4.10. The molecule has 13 heavy (non-hydrogen) atoms. The second-order valence-electron chi connectivity index (χ2n) is 3.94. The molecule has 1 N–H and O–H groups in total. The predicted octanol–water partition coefficient (Wildman–Crippen LogP) is 3.40. The molecule has 2 unspecified atom stereocenters. The highest BCUT2D eigenvalue weighted by molar-refractivity contribution is 8.00. The molecule has 1 rings (SSSR count). The van der Waals surface area contributed by atoms with Crippen molar-refractivity contribution in [2.45, 2.75) is 63.8 Å². The van der Waals surface area contributed by atoms with Gasteiger partial charge in [-0.05, 0) is 12.8 Å². The monoisotopic (exact) mass is 201 g/mol. The molecule has 2 heteroatoms. The van der Waals surface area contributed by atoms with Gasteiger partial charge in [0.25, 0.3) is 0 Å². The second kappa shape index (κ2) is 6.72. The molecule has 0 radical (unpaired) electrons. The summed E-state index contributed by atoms with van der Waals surface area (Å²) in [5, 5.41) is 4.45. The standard InChI is InChI=1S/C11H23NS/c1-3-5-6-7-8-11-12-10(4-2)9-13-11/h10-12H,3-9H2,1-2H3. The first-order chi connectivity index (χ1) is 6.36. The van der Waals surface area contributed by atoms with Gasteiger partial charge in [-0.25, -0.2) is 0 Å². The van der Waals surface area contributed by atoms with E-state index in [1.54, 1.807) is 0 Å². The van der Waals surface area contributed by atoms with Gasteiger partial charge < -0.3 is 5.32 Å². The highest BCUT2D eigenvalue weighted by atomic mass is 32.2. The Hall–Kier alpha value is 0.310. The van der Waals surface area contributed by atoms with Gasteiger partial charge in [0.1, 0.15) is 0 Å². The Morgan fingerprint density at radius 3 is 2.69 bits per heavy atom. The van der Waals surface area contributed by atoms with Crippen molar-refractivity contribution >= 4 is 11.8 Å². The van der Waals surface area contributed by atoms with Crippen LogP contribution >= 0.6 is 11.8 Å². The Labute approximate surface area is 87.1 Å². The molecule has 1 aliphatic heterocycles. The minimum atomic E-state index is 0.766. The summed E-state index contributed by atoms with van der Waals surface area (Å²) < 4.78 is 0. The average molecular weight is 201 g/mol. The van der Waals surface area contributed by atoms with E-state index < -0.39 is 0 Å². The molecule has 1 fully saturated rings. The highest BCUT2D eigenvalue weighted by Gasteiger charge is 2.21. The molecule has 0 spiro atoms. The van der Waals surface area contributed by atoms with Gasteiger partial charge in [-0.15, -0.1) is 11.8 Å². The fraction of sp³-hybridized carbons (Fsp3) is 1.00. The quantitative estimate of drug-likeness (QED) is 0.661. The van der Waals surface area contributed by atoms with Crippen LogP contribution in [0.3, 0.4) is 0 Å².